The zero-order valence-electron chi connectivity index (χ0n) is 9.38. The molecule has 1 aromatic carbocycles. The first-order valence-corrected chi connectivity index (χ1v) is 6.68. The Bertz CT molecular complexity index is 375. The molecule has 1 atom stereocenters. The van der Waals surface area contributed by atoms with Gasteiger partial charge < -0.3 is 5.32 Å². The molecule has 0 saturated heterocycles. The van der Waals surface area contributed by atoms with Gasteiger partial charge in [-0.15, -0.1) is 0 Å². The second kappa shape index (κ2) is 6.05. The Morgan fingerprint density at radius 2 is 1.82 bits per heavy atom. The zero-order chi connectivity index (χ0) is 12.9. The van der Waals surface area contributed by atoms with Crippen molar-refractivity contribution in [2.24, 2.45) is 0 Å². The molecule has 2 nitrogen and oxygen atoms in total. The minimum absolute atomic E-state index is 0.492. The normalized spacial score (nSPS) is 13.4. The molecule has 1 rings (SSSR count). The maximum atomic E-state index is 12.3. The van der Waals surface area contributed by atoms with Crippen LogP contribution in [0, 0.1) is 0 Å². The summed E-state index contributed by atoms with van der Waals surface area (Å²) in [5.41, 5.74) is -0.0636. The molecule has 0 aliphatic rings. The van der Waals surface area contributed by atoms with Crippen molar-refractivity contribution in [1.29, 1.82) is 0 Å². The van der Waals surface area contributed by atoms with Crippen LogP contribution in [-0.2, 0) is 17.0 Å². The molecule has 0 aliphatic carbocycles. The number of hydrogen-bond acceptors (Lipinski definition) is 2. The molecule has 0 spiro atoms. The minimum atomic E-state index is -4.30. The number of hydrogen-bond donors (Lipinski definition) is 1. The Kier molecular flexibility index (Phi) is 4.99. The van der Waals surface area contributed by atoms with Gasteiger partial charge in [0.2, 0.25) is 0 Å². The number of benzene rings is 1. The standard InChI is InChI=1S/C11H14F3NOS/c1-2-17(16)8-7-15-10-5-3-9(4-6-10)11(12,13)14/h3-6,15H,2,7-8H2,1H3. The summed E-state index contributed by atoms with van der Waals surface area (Å²) in [6.45, 7) is 2.32. The summed E-state index contributed by atoms with van der Waals surface area (Å²) in [5, 5.41) is 2.93. The molecule has 0 heterocycles. The van der Waals surface area contributed by atoms with Crippen molar-refractivity contribution >= 4 is 16.5 Å². The summed E-state index contributed by atoms with van der Waals surface area (Å²) in [5.74, 6) is 1.09. The van der Waals surface area contributed by atoms with Crippen molar-refractivity contribution in [3.63, 3.8) is 0 Å². The third-order valence-corrected chi connectivity index (χ3v) is 3.50. The van der Waals surface area contributed by atoms with Gasteiger partial charge in [-0.3, -0.25) is 4.21 Å². The molecular weight excluding hydrogens is 251 g/mol. The topological polar surface area (TPSA) is 29.1 Å². The molecule has 0 amide bonds. The fourth-order valence-corrected chi connectivity index (χ4v) is 1.85. The highest BCUT2D eigenvalue weighted by Crippen LogP contribution is 2.29. The van der Waals surface area contributed by atoms with Crippen LogP contribution in [0.1, 0.15) is 12.5 Å². The van der Waals surface area contributed by atoms with E-state index in [2.05, 4.69) is 5.32 Å². The number of alkyl halides is 3. The maximum Gasteiger partial charge on any atom is 0.416 e. The Labute approximate surface area is 101 Å². The van der Waals surface area contributed by atoms with Gasteiger partial charge in [-0.25, -0.2) is 0 Å². The van der Waals surface area contributed by atoms with Crippen molar-refractivity contribution in [3.05, 3.63) is 29.8 Å². The highest BCUT2D eigenvalue weighted by Gasteiger charge is 2.29. The summed E-state index contributed by atoms with van der Waals surface area (Å²) in [6.07, 6.45) is -4.30. The summed E-state index contributed by atoms with van der Waals surface area (Å²) in [7, 11) is -0.862. The molecule has 0 bridgehead atoms. The van der Waals surface area contributed by atoms with Crippen molar-refractivity contribution < 1.29 is 17.4 Å². The van der Waals surface area contributed by atoms with E-state index in [9.17, 15) is 17.4 Å². The second-order valence-corrected chi connectivity index (χ2v) is 5.30. The monoisotopic (exact) mass is 265 g/mol. The van der Waals surface area contributed by atoms with E-state index in [-0.39, 0.29) is 0 Å². The van der Waals surface area contributed by atoms with E-state index in [0.29, 0.717) is 23.7 Å². The van der Waals surface area contributed by atoms with Gasteiger partial charge in [0.05, 0.1) is 5.56 Å². The van der Waals surface area contributed by atoms with Gasteiger partial charge in [0.1, 0.15) is 0 Å². The van der Waals surface area contributed by atoms with Crippen LogP contribution in [0.5, 0.6) is 0 Å². The lowest BCUT2D eigenvalue weighted by Gasteiger charge is -2.09. The fraction of sp³-hybridized carbons (Fsp3) is 0.455. The summed E-state index contributed by atoms with van der Waals surface area (Å²) < 4.78 is 47.9. The van der Waals surface area contributed by atoms with Gasteiger partial charge in [-0.2, -0.15) is 13.2 Å². The van der Waals surface area contributed by atoms with E-state index >= 15 is 0 Å². The van der Waals surface area contributed by atoms with Gasteiger partial charge in [0.25, 0.3) is 0 Å². The summed E-state index contributed by atoms with van der Waals surface area (Å²) >= 11 is 0. The number of rotatable bonds is 5. The second-order valence-electron chi connectivity index (χ2n) is 3.43. The molecule has 0 aliphatic heterocycles. The molecule has 1 aromatic rings. The van der Waals surface area contributed by atoms with Crippen LogP contribution >= 0.6 is 0 Å². The third kappa shape index (κ3) is 4.77. The molecule has 96 valence electrons. The maximum absolute atomic E-state index is 12.3. The Morgan fingerprint density at radius 1 is 1.24 bits per heavy atom. The van der Waals surface area contributed by atoms with Crippen LogP contribution in [0.25, 0.3) is 0 Å². The average Bonchev–Trinajstić information content (AvgIpc) is 2.28. The van der Waals surface area contributed by atoms with Gasteiger partial charge in [-0.1, -0.05) is 6.92 Å². The predicted octanol–water partition coefficient (Wildman–Crippen LogP) is 2.89. The smallest absolute Gasteiger partial charge is 0.384 e. The lowest BCUT2D eigenvalue weighted by atomic mass is 10.2. The van der Waals surface area contributed by atoms with E-state index in [0.717, 1.165) is 12.1 Å². The van der Waals surface area contributed by atoms with Gasteiger partial charge in [0, 0.05) is 34.5 Å². The summed E-state index contributed by atoms with van der Waals surface area (Å²) in [4.78, 5) is 0. The first-order valence-electron chi connectivity index (χ1n) is 5.19. The molecular formula is C11H14F3NOS. The molecule has 0 radical (unpaired) electrons. The van der Waals surface area contributed by atoms with Crippen LogP contribution in [0.15, 0.2) is 24.3 Å². The number of halogens is 3. The number of nitrogens with one attached hydrogen (secondary N) is 1. The van der Waals surface area contributed by atoms with Gasteiger partial charge in [0.15, 0.2) is 0 Å². The van der Waals surface area contributed by atoms with Crippen LogP contribution < -0.4 is 5.32 Å². The molecule has 0 fully saturated rings. The number of anilines is 1. The van der Waals surface area contributed by atoms with E-state index in [1.54, 1.807) is 0 Å². The predicted molar refractivity (Wildman–Crippen MR) is 63.5 cm³/mol. The Balaban J connectivity index is 2.49. The van der Waals surface area contributed by atoms with Crippen molar-refractivity contribution in [2.45, 2.75) is 13.1 Å². The van der Waals surface area contributed by atoms with E-state index < -0.39 is 22.5 Å². The SMILES string of the molecule is CCS(=O)CCNc1ccc(C(F)(F)F)cc1. The minimum Gasteiger partial charge on any atom is -0.384 e. The van der Waals surface area contributed by atoms with Crippen LogP contribution in [0.2, 0.25) is 0 Å². The van der Waals surface area contributed by atoms with Crippen LogP contribution in [0.3, 0.4) is 0 Å². The third-order valence-electron chi connectivity index (χ3n) is 2.19. The molecule has 6 heteroatoms. The lowest BCUT2D eigenvalue weighted by molar-refractivity contribution is -0.137. The average molecular weight is 265 g/mol. The highest BCUT2D eigenvalue weighted by atomic mass is 32.2. The van der Waals surface area contributed by atoms with Crippen LogP contribution in [-0.4, -0.2) is 22.3 Å². The Morgan fingerprint density at radius 3 is 2.29 bits per heavy atom. The van der Waals surface area contributed by atoms with E-state index in [1.165, 1.54) is 12.1 Å². The zero-order valence-corrected chi connectivity index (χ0v) is 10.2. The molecule has 1 N–H and O–H groups in total. The quantitative estimate of drug-likeness (QED) is 0.887. The molecule has 1 unspecified atom stereocenters. The van der Waals surface area contributed by atoms with Gasteiger partial charge in [-0.05, 0) is 24.3 Å². The van der Waals surface area contributed by atoms with E-state index in [4.69, 9.17) is 0 Å². The van der Waals surface area contributed by atoms with Gasteiger partial charge >= 0.3 is 6.18 Å². The van der Waals surface area contributed by atoms with Crippen LogP contribution in [0.4, 0.5) is 18.9 Å². The molecule has 17 heavy (non-hydrogen) atoms. The fourth-order valence-electron chi connectivity index (χ4n) is 1.23. The largest absolute Gasteiger partial charge is 0.416 e. The first-order chi connectivity index (χ1) is 7.93. The summed E-state index contributed by atoms with van der Waals surface area (Å²) in [6, 6.07) is 4.80. The van der Waals surface area contributed by atoms with E-state index in [1.807, 2.05) is 6.92 Å². The Hall–Kier alpha value is -1.04. The molecule has 0 aromatic heterocycles. The highest BCUT2D eigenvalue weighted by molar-refractivity contribution is 7.84. The lowest BCUT2D eigenvalue weighted by Crippen LogP contribution is -2.12. The van der Waals surface area contributed by atoms with Crippen molar-refractivity contribution in [3.8, 4) is 0 Å². The van der Waals surface area contributed by atoms with Crippen molar-refractivity contribution in [1.82, 2.24) is 0 Å². The van der Waals surface area contributed by atoms with Crippen molar-refractivity contribution in [2.75, 3.05) is 23.4 Å². The first kappa shape index (κ1) is 14.0. The molecule has 0 saturated carbocycles.